The van der Waals surface area contributed by atoms with Crippen LogP contribution in [0.25, 0.3) is 32.9 Å². The lowest BCUT2D eigenvalue weighted by Crippen LogP contribution is -2.68. The number of carbonyl (C=O) groups is 1. The fraction of sp³-hybridized carbons (Fsp3) is 0.545. The largest absolute Gasteiger partial charge is 0.461 e. The number of alkyl halides is 9. The highest BCUT2D eigenvalue weighted by Crippen LogP contribution is 2.57. The zero-order chi connectivity index (χ0) is 47.2. The maximum atomic E-state index is 17.5. The van der Waals surface area contributed by atoms with Gasteiger partial charge >= 0.3 is 36.2 Å². The SMILES string of the molecule is C#Cc1c(F)ccc2cccc(-c3nc4c5c(nc(OCC67CCCN6C[C@H](OC(C(F)(F)F)(C(F)(F)F)C(F)(F)F)C7)nc5c3F)N3C[C@@H](CC)N(C(=O)OC(C)(C)C)C[C@H]3CC4)c12. The van der Waals surface area contributed by atoms with E-state index in [0.717, 1.165) is 0 Å². The zero-order valence-corrected chi connectivity index (χ0v) is 35.4. The van der Waals surface area contributed by atoms with Gasteiger partial charge in [0, 0.05) is 36.6 Å². The van der Waals surface area contributed by atoms with Gasteiger partial charge in [0.2, 0.25) is 0 Å². The van der Waals surface area contributed by atoms with Crippen LogP contribution >= 0.6 is 0 Å². The summed E-state index contributed by atoms with van der Waals surface area (Å²) in [6, 6.07) is 6.12. The van der Waals surface area contributed by atoms with E-state index in [1.54, 1.807) is 37.8 Å². The van der Waals surface area contributed by atoms with Gasteiger partial charge in [-0.1, -0.05) is 37.1 Å². The lowest BCUT2D eigenvalue weighted by molar-refractivity contribution is -0.463. The monoisotopic (exact) mass is 928 g/mol. The van der Waals surface area contributed by atoms with Crippen LogP contribution in [0, 0.1) is 24.0 Å². The van der Waals surface area contributed by atoms with Crippen LogP contribution in [0.2, 0.25) is 0 Å². The Morgan fingerprint density at radius 2 is 1.63 bits per heavy atom. The molecule has 3 fully saturated rings. The van der Waals surface area contributed by atoms with Gasteiger partial charge < -0.3 is 24.0 Å². The van der Waals surface area contributed by atoms with E-state index in [2.05, 4.69) is 15.6 Å². The predicted molar refractivity (Wildman–Crippen MR) is 214 cm³/mol. The van der Waals surface area contributed by atoms with Crippen LogP contribution in [0.3, 0.4) is 0 Å². The normalized spacial score (nSPS) is 23.1. The fourth-order valence-corrected chi connectivity index (χ4v) is 9.86. The molecule has 2 aromatic heterocycles. The summed E-state index contributed by atoms with van der Waals surface area (Å²) in [5, 5.41) is 0.883. The summed E-state index contributed by atoms with van der Waals surface area (Å²) in [7, 11) is 0. The molecule has 65 heavy (non-hydrogen) atoms. The summed E-state index contributed by atoms with van der Waals surface area (Å²) >= 11 is 0. The van der Waals surface area contributed by atoms with Gasteiger partial charge in [-0.3, -0.25) is 4.90 Å². The molecule has 21 heteroatoms. The minimum atomic E-state index is -6.91. The first kappa shape index (κ1) is 46.3. The minimum Gasteiger partial charge on any atom is -0.461 e. The number of ether oxygens (including phenoxy) is 3. The second kappa shape index (κ2) is 16.0. The number of carbonyl (C=O) groups excluding carboxylic acids is 1. The van der Waals surface area contributed by atoms with Crippen molar-refractivity contribution < 1.29 is 67.3 Å². The standard InChI is InChI=1S/C44H43F11N6O4/c1-6-24-19-60-25(20-61(24)38(62)65-39(3,4)5)13-15-30-32-35(33(46)34(56-30)28-11-8-10-23-12-14-29(45)27(7-2)31(23)28)57-37(58-36(32)60)63-22-40-16-9-17-59(40)21-26(18-40)64-41(42(47,48)49,43(50,51)52)44(53,54)55/h2,8,10-12,14,24-26H,6,9,13,15-22H2,1,3-5H3/t24-,25-,26-,40?/m1/s1. The third kappa shape index (κ3) is 7.81. The van der Waals surface area contributed by atoms with Gasteiger partial charge in [0.05, 0.1) is 34.3 Å². The lowest BCUT2D eigenvalue weighted by atomic mass is 9.93. The van der Waals surface area contributed by atoms with E-state index in [1.807, 2.05) is 11.8 Å². The molecule has 6 heterocycles. The van der Waals surface area contributed by atoms with Crippen molar-refractivity contribution in [3.8, 4) is 29.6 Å². The van der Waals surface area contributed by atoms with Crippen molar-refractivity contribution in [3.63, 3.8) is 0 Å². The number of aryl methyl sites for hydroxylation is 1. The van der Waals surface area contributed by atoms with Gasteiger partial charge in [-0.05, 0) is 77.3 Å². The number of halogens is 11. The summed E-state index contributed by atoms with van der Waals surface area (Å²) in [6.07, 6.45) is -16.9. The number of hydrogen-bond donors (Lipinski definition) is 0. The minimum absolute atomic E-state index is 0.0823. The van der Waals surface area contributed by atoms with E-state index < -0.39 is 96.8 Å². The molecule has 1 unspecified atom stereocenters. The van der Waals surface area contributed by atoms with Crippen molar-refractivity contribution in [2.75, 3.05) is 37.7 Å². The molecule has 1 amide bonds. The molecule has 0 saturated carbocycles. The Balaban J connectivity index is 1.22. The number of amides is 1. The molecule has 0 spiro atoms. The average molecular weight is 929 g/mol. The molecule has 4 aliphatic rings. The van der Waals surface area contributed by atoms with Gasteiger partial charge in [-0.2, -0.15) is 49.5 Å². The van der Waals surface area contributed by atoms with E-state index in [1.165, 1.54) is 23.1 Å². The molecule has 4 atom stereocenters. The molecule has 0 bridgehead atoms. The first-order valence-corrected chi connectivity index (χ1v) is 20.9. The zero-order valence-electron chi connectivity index (χ0n) is 35.4. The van der Waals surface area contributed by atoms with Crippen molar-refractivity contribution in [1.29, 1.82) is 0 Å². The number of anilines is 1. The number of aromatic nitrogens is 3. The van der Waals surface area contributed by atoms with E-state index in [9.17, 15) is 44.3 Å². The topological polar surface area (TPSA) is 93.2 Å². The highest BCUT2D eigenvalue weighted by Gasteiger charge is 2.86. The Morgan fingerprint density at radius 1 is 0.923 bits per heavy atom. The Kier molecular flexibility index (Phi) is 11.4. The first-order valence-electron chi connectivity index (χ1n) is 20.9. The molecular formula is C44H43F11N6O4. The number of pyridine rings is 1. The molecule has 0 N–H and O–H groups in total. The third-order valence-corrected chi connectivity index (χ3v) is 12.8. The third-order valence-electron chi connectivity index (χ3n) is 12.8. The van der Waals surface area contributed by atoms with Crippen LogP contribution in [0.15, 0.2) is 30.3 Å². The van der Waals surface area contributed by atoms with Gasteiger partial charge in [-0.15, -0.1) is 6.42 Å². The van der Waals surface area contributed by atoms with Crippen LogP contribution in [-0.4, -0.2) is 117 Å². The summed E-state index contributed by atoms with van der Waals surface area (Å²) in [4.78, 5) is 32.5. The van der Waals surface area contributed by atoms with Crippen LogP contribution in [-0.2, 0) is 15.9 Å². The van der Waals surface area contributed by atoms with Gasteiger partial charge in [0.1, 0.15) is 35.1 Å². The smallest absolute Gasteiger partial charge is 0.435 e. The molecule has 0 aliphatic carbocycles. The second-order valence-electron chi connectivity index (χ2n) is 18.0. The predicted octanol–water partition coefficient (Wildman–Crippen LogP) is 9.68. The maximum Gasteiger partial charge on any atom is 0.435 e. The number of piperazine rings is 1. The van der Waals surface area contributed by atoms with Gasteiger partial charge in [0.15, 0.2) is 5.82 Å². The van der Waals surface area contributed by atoms with Gasteiger partial charge in [-0.25, -0.2) is 18.6 Å². The number of benzene rings is 2. The Morgan fingerprint density at radius 3 is 2.28 bits per heavy atom. The summed E-state index contributed by atoms with van der Waals surface area (Å²) in [5.74, 6) is 0.793. The second-order valence-corrected chi connectivity index (χ2v) is 18.0. The first-order chi connectivity index (χ1) is 30.3. The molecule has 2 aromatic carbocycles. The highest BCUT2D eigenvalue weighted by molar-refractivity contribution is 6.03. The van der Waals surface area contributed by atoms with Crippen molar-refractivity contribution in [2.24, 2.45) is 0 Å². The molecule has 4 aliphatic heterocycles. The Hall–Kier alpha value is -5.23. The van der Waals surface area contributed by atoms with E-state index >= 15 is 8.78 Å². The van der Waals surface area contributed by atoms with Crippen molar-refractivity contribution in [1.82, 2.24) is 24.8 Å². The van der Waals surface area contributed by atoms with E-state index in [4.69, 9.17) is 25.9 Å². The number of nitrogens with zero attached hydrogens (tertiary/aromatic N) is 6. The molecule has 4 aromatic rings. The van der Waals surface area contributed by atoms with E-state index in [0.29, 0.717) is 30.3 Å². The molecule has 0 radical (unpaired) electrons. The molecule has 10 nitrogen and oxygen atoms in total. The highest BCUT2D eigenvalue weighted by atomic mass is 19.4. The number of terminal acetylenes is 1. The van der Waals surface area contributed by atoms with Crippen molar-refractivity contribution >= 4 is 33.6 Å². The molecular weight excluding hydrogens is 885 g/mol. The van der Waals surface area contributed by atoms with E-state index in [-0.39, 0.29) is 71.4 Å². The van der Waals surface area contributed by atoms with Crippen LogP contribution in [0.5, 0.6) is 6.01 Å². The summed E-state index contributed by atoms with van der Waals surface area (Å²) in [6.45, 7) is 6.26. The van der Waals surface area contributed by atoms with Crippen LogP contribution < -0.4 is 9.64 Å². The van der Waals surface area contributed by atoms with Crippen LogP contribution in [0.1, 0.15) is 71.1 Å². The number of hydrogen-bond acceptors (Lipinski definition) is 9. The van der Waals surface area contributed by atoms with Crippen molar-refractivity contribution in [3.05, 3.63) is 53.2 Å². The molecule has 3 saturated heterocycles. The number of fused-ring (bicyclic) bond motifs is 4. The summed E-state index contributed by atoms with van der Waals surface area (Å²) in [5.41, 5.74) is -8.87. The Bertz CT molecular complexity index is 2540. The fourth-order valence-electron chi connectivity index (χ4n) is 9.86. The molecule has 350 valence electrons. The average Bonchev–Trinajstić information content (AvgIpc) is 3.71. The van der Waals surface area contributed by atoms with Crippen molar-refractivity contribution in [2.45, 2.75) is 120 Å². The van der Waals surface area contributed by atoms with Gasteiger partial charge in [0.25, 0.3) is 0 Å². The number of rotatable bonds is 7. The quantitative estimate of drug-likeness (QED) is 0.133. The molecule has 8 rings (SSSR count). The summed E-state index contributed by atoms with van der Waals surface area (Å²) < 4.78 is 174. The maximum absolute atomic E-state index is 17.5. The van der Waals surface area contributed by atoms with Crippen LogP contribution in [0.4, 0.5) is 58.9 Å². The lowest BCUT2D eigenvalue weighted by Gasteiger charge is -2.46. The Labute approximate surface area is 365 Å².